The second-order valence-corrected chi connectivity index (χ2v) is 4.48. The molecule has 1 N–H and O–H groups in total. The molecule has 2 nitrogen and oxygen atoms in total. The Balaban J connectivity index is 0.000000980. The van der Waals surface area contributed by atoms with Crippen molar-refractivity contribution in [3.8, 4) is 0 Å². The van der Waals surface area contributed by atoms with E-state index in [-0.39, 0.29) is 12.4 Å². The third-order valence-corrected chi connectivity index (χ3v) is 3.47. The van der Waals surface area contributed by atoms with Crippen molar-refractivity contribution < 1.29 is 4.74 Å². The average molecular weight is 220 g/mol. The van der Waals surface area contributed by atoms with Crippen LogP contribution in [0, 0.1) is 11.8 Å². The van der Waals surface area contributed by atoms with Gasteiger partial charge in [-0.3, -0.25) is 0 Å². The minimum atomic E-state index is 0. The number of halogens is 1. The quantitative estimate of drug-likeness (QED) is 0.769. The van der Waals surface area contributed by atoms with Gasteiger partial charge in [0.15, 0.2) is 0 Å². The molecule has 0 unspecified atom stereocenters. The van der Waals surface area contributed by atoms with E-state index in [0.29, 0.717) is 0 Å². The van der Waals surface area contributed by atoms with Gasteiger partial charge in [-0.15, -0.1) is 12.4 Å². The highest BCUT2D eigenvalue weighted by atomic mass is 35.5. The maximum atomic E-state index is 5.38. The molecular weight excluding hydrogens is 198 g/mol. The van der Waals surface area contributed by atoms with E-state index in [2.05, 4.69) is 5.32 Å². The van der Waals surface area contributed by atoms with Gasteiger partial charge < -0.3 is 10.1 Å². The molecule has 2 aliphatic rings. The van der Waals surface area contributed by atoms with Gasteiger partial charge in [-0.05, 0) is 57.0 Å². The molecule has 2 saturated heterocycles. The van der Waals surface area contributed by atoms with Crippen molar-refractivity contribution in [1.29, 1.82) is 0 Å². The first-order valence-electron chi connectivity index (χ1n) is 5.73. The number of hydrogen-bond donors (Lipinski definition) is 1. The van der Waals surface area contributed by atoms with Gasteiger partial charge in [0.25, 0.3) is 0 Å². The Morgan fingerprint density at radius 2 is 1.50 bits per heavy atom. The van der Waals surface area contributed by atoms with Crippen molar-refractivity contribution in [3.05, 3.63) is 0 Å². The lowest BCUT2D eigenvalue weighted by atomic mass is 9.84. The van der Waals surface area contributed by atoms with Crippen molar-refractivity contribution in [1.82, 2.24) is 5.32 Å². The van der Waals surface area contributed by atoms with E-state index >= 15 is 0 Å². The molecule has 0 aromatic heterocycles. The summed E-state index contributed by atoms with van der Waals surface area (Å²) in [6, 6.07) is 0. The molecule has 0 spiro atoms. The number of rotatable bonds is 2. The zero-order valence-corrected chi connectivity index (χ0v) is 9.65. The highest BCUT2D eigenvalue weighted by molar-refractivity contribution is 5.85. The average Bonchev–Trinajstić information content (AvgIpc) is 2.21. The van der Waals surface area contributed by atoms with Crippen molar-refractivity contribution >= 4 is 12.4 Å². The summed E-state index contributed by atoms with van der Waals surface area (Å²) in [5.41, 5.74) is 0. The third kappa shape index (κ3) is 3.76. The lowest BCUT2D eigenvalue weighted by molar-refractivity contribution is 0.0567. The first-order chi connectivity index (χ1) is 6.45. The van der Waals surface area contributed by atoms with Crippen LogP contribution in [0.25, 0.3) is 0 Å². The maximum Gasteiger partial charge on any atom is 0.0468 e. The van der Waals surface area contributed by atoms with Gasteiger partial charge in [-0.25, -0.2) is 0 Å². The fourth-order valence-electron chi connectivity index (χ4n) is 2.57. The Morgan fingerprint density at radius 1 is 0.929 bits per heavy atom. The van der Waals surface area contributed by atoms with Crippen molar-refractivity contribution in [2.45, 2.75) is 32.1 Å². The van der Waals surface area contributed by atoms with Crippen LogP contribution in [0.1, 0.15) is 32.1 Å². The summed E-state index contributed by atoms with van der Waals surface area (Å²) in [7, 11) is 0. The van der Waals surface area contributed by atoms with Crippen LogP contribution in [0.3, 0.4) is 0 Å². The number of ether oxygens (including phenoxy) is 1. The highest BCUT2D eigenvalue weighted by Gasteiger charge is 2.20. The van der Waals surface area contributed by atoms with Crippen LogP contribution in [0.4, 0.5) is 0 Å². The summed E-state index contributed by atoms with van der Waals surface area (Å²) in [4.78, 5) is 0. The molecule has 0 radical (unpaired) electrons. The summed E-state index contributed by atoms with van der Waals surface area (Å²) in [6.45, 7) is 4.51. The Kier molecular flexibility index (Phi) is 5.83. The van der Waals surface area contributed by atoms with Crippen molar-refractivity contribution in [2.24, 2.45) is 11.8 Å². The van der Waals surface area contributed by atoms with Crippen molar-refractivity contribution in [2.75, 3.05) is 26.3 Å². The first-order valence-corrected chi connectivity index (χ1v) is 5.73. The molecule has 0 saturated carbocycles. The van der Waals surface area contributed by atoms with Crippen LogP contribution in [-0.4, -0.2) is 26.3 Å². The van der Waals surface area contributed by atoms with E-state index in [0.717, 1.165) is 25.0 Å². The Hall–Kier alpha value is 0.210. The standard InChI is InChI=1S/C11H21NO.ClH/c1-5-12-6-2-10(1)9-11-3-7-13-8-4-11;/h10-12H,1-9H2;1H. The monoisotopic (exact) mass is 219 g/mol. The molecule has 2 fully saturated rings. The van der Waals surface area contributed by atoms with Crippen LogP contribution >= 0.6 is 12.4 Å². The molecule has 0 atom stereocenters. The molecule has 14 heavy (non-hydrogen) atoms. The molecule has 2 aliphatic heterocycles. The molecule has 2 rings (SSSR count). The van der Waals surface area contributed by atoms with Crippen LogP contribution in [-0.2, 0) is 4.74 Å². The second-order valence-electron chi connectivity index (χ2n) is 4.48. The van der Waals surface area contributed by atoms with Gasteiger partial charge in [0, 0.05) is 13.2 Å². The molecule has 0 aliphatic carbocycles. The van der Waals surface area contributed by atoms with Crippen LogP contribution in [0.15, 0.2) is 0 Å². The predicted octanol–water partition coefficient (Wildman–Crippen LogP) is 2.22. The SMILES string of the molecule is C1CC(CC2CCOCC2)CCN1.Cl. The minimum absolute atomic E-state index is 0. The number of piperidine rings is 1. The molecule has 0 bridgehead atoms. The summed E-state index contributed by atoms with van der Waals surface area (Å²) >= 11 is 0. The second kappa shape index (κ2) is 6.65. The topological polar surface area (TPSA) is 21.3 Å². The van der Waals surface area contributed by atoms with E-state index in [1.54, 1.807) is 0 Å². The molecule has 0 amide bonds. The molecule has 0 aromatic carbocycles. The van der Waals surface area contributed by atoms with Gasteiger partial charge >= 0.3 is 0 Å². The summed E-state index contributed by atoms with van der Waals surface area (Å²) in [5.74, 6) is 1.97. The van der Waals surface area contributed by atoms with Crippen LogP contribution in [0.2, 0.25) is 0 Å². The zero-order chi connectivity index (χ0) is 8.93. The van der Waals surface area contributed by atoms with E-state index in [1.807, 2.05) is 0 Å². The summed E-state index contributed by atoms with van der Waals surface area (Å²) in [5, 5.41) is 3.43. The Morgan fingerprint density at radius 3 is 2.14 bits per heavy atom. The minimum Gasteiger partial charge on any atom is -0.381 e. The fourth-order valence-corrected chi connectivity index (χ4v) is 2.57. The smallest absolute Gasteiger partial charge is 0.0468 e. The normalized spacial score (nSPS) is 25.7. The fraction of sp³-hybridized carbons (Fsp3) is 1.00. The van der Waals surface area contributed by atoms with E-state index in [4.69, 9.17) is 4.74 Å². The number of hydrogen-bond acceptors (Lipinski definition) is 2. The largest absolute Gasteiger partial charge is 0.381 e. The Labute approximate surface area is 93.2 Å². The lowest BCUT2D eigenvalue weighted by Gasteiger charge is -2.29. The van der Waals surface area contributed by atoms with Gasteiger partial charge in [0.1, 0.15) is 0 Å². The van der Waals surface area contributed by atoms with Crippen molar-refractivity contribution in [3.63, 3.8) is 0 Å². The predicted molar refractivity (Wildman–Crippen MR) is 61.0 cm³/mol. The van der Waals surface area contributed by atoms with E-state index in [1.165, 1.54) is 45.2 Å². The van der Waals surface area contributed by atoms with Crippen LogP contribution < -0.4 is 5.32 Å². The summed E-state index contributed by atoms with van der Waals surface area (Å²) < 4.78 is 5.38. The first kappa shape index (κ1) is 12.3. The maximum absolute atomic E-state index is 5.38. The van der Waals surface area contributed by atoms with Crippen LogP contribution in [0.5, 0.6) is 0 Å². The van der Waals surface area contributed by atoms with Gasteiger partial charge in [-0.1, -0.05) is 0 Å². The molecule has 84 valence electrons. The zero-order valence-electron chi connectivity index (χ0n) is 8.84. The summed E-state index contributed by atoms with van der Waals surface area (Å²) in [6.07, 6.45) is 6.88. The van der Waals surface area contributed by atoms with Gasteiger partial charge in [0.2, 0.25) is 0 Å². The number of nitrogens with one attached hydrogen (secondary N) is 1. The lowest BCUT2D eigenvalue weighted by Crippen LogP contribution is -2.29. The van der Waals surface area contributed by atoms with E-state index < -0.39 is 0 Å². The highest BCUT2D eigenvalue weighted by Crippen LogP contribution is 2.27. The molecular formula is C11H22ClNO. The molecule has 2 heterocycles. The molecule has 0 aromatic rings. The van der Waals surface area contributed by atoms with Gasteiger partial charge in [0.05, 0.1) is 0 Å². The Bertz CT molecular complexity index is 126. The van der Waals surface area contributed by atoms with Gasteiger partial charge in [-0.2, -0.15) is 0 Å². The third-order valence-electron chi connectivity index (χ3n) is 3.47. The van der Waals surface area contributed by atoms with E-state index in [9.17, 15) is 0 Å². The molecule has 3 heteroatoms.